The van der Waals surface area contributed by atoms with Gasteiger partial charge in [-0.1, -0.05) is 13.3 Å². The van der Waals surface area contributed by atoms with Crippen LogP contribution < -0.4 is 0 Å². The van der Waals surface area contributed by atoms with E-state index < -0.39 is 11.4 Å². The molecule has 1 saturated heterocycles. The SMILES string of the molecule is CCCC1(C(=O)O)CCN(C(C)c2sc(C)nc2C)C1. The number of carboxylic acids is 1. The van der Waals surface area contributed by atoms with Gasteiger partial charge in [0.15, 0.2) is 0 Å². The van der Waals surface area contributed by atoms with Gasteiger partial charge in [-0.15, -0.1) is 11.3 Å². The van der Waals surface area contributed by atoms with Crippen molar-refractivity contribution in [3.63, 3.8) is 0 Å². The molecule has 1 aromatic heterocycles. The molecule has 2 unspecified atom stereocenters. The minimum absolute atomic E-state index is 0.263. The van der Waals surface area contributed by atoms with Gasteiger partial charge in [0.05, 0.1) is 16.1 Å². The third-order valence-electron chi connectivity index (χ3n) is 4.43. The molecule has 20 heavy (non-hydrogen) atoms. The number of hydrogen-bond donors (Lipinski definition) is 1. The molecule has 0 spiro atoms. The Morgan fingerprint density at radius 1 is 1.55 bits per heavy atom. The monoisotopic (exact) mass is 296 g/mol. The predicted octanol–water partition coefficient (Wildman–Crippen LogP) is 3.40. The number of aliphatic carboxylic acids is 1. The summed E-state index contributed by atoms with van der Waals surface area (Å²) in [5.74, 6) is -0.633. The zero-order valence-corrected chi connectivity index (χ0v) is 13.6. The molecule has 2 rings (SSSR count). The molecule has 5 heteroatoms. The summed E-state index contributed by atoms with van der Waals surface area (Å²) in [6.07, 6.45) is 2.46. The fourth-order valence-electron chi connectivity index (χ4n) is 3.30. The summed E-state index contributed by atoms with van der Waals surface area (Å²) in [7, 11) is 0. The number of nitrogens with zero attached hydrogens (tertiary/aromatic N) is 2. The van der Waals surface area contributed by atoms with Crippen molar-refractivity contribution in [2.24, 2.45) is 5.41 Å². The highest BCUT2D eigenvalue weighted by atomic mass is 32.1. The summed E-state index contributed by atoms with van der Waals surface area (Å²) < 4.78 is 0. The predicted molar refractivity (Wildman–Crippen MR) is 81.2 cm³/mol. The lowest BCUT2D eigenvalue weighted by Gasteiger charge is -2.27. The van der Waals surface area contributed by atoms with Gasteiger partial charge in [0.25, 0.3) is 0 Å². The van der Waals surface area contributed by atoms with Crippen LogP contribution in [0.5, 0.6) is 0 Å². The number of thiazole rings is 1. The molecule has 112 valence electrons. The van der Waals surface area contributed by atoms with Crippen molar-refractivity contribution in [1.29, 1.82) is 0 Å². The summed E-state index contributed by atoms with van der Waals surface area (Å²) >= 11 is 1.73. The smallest absolute Gasteiger partial charge is 0.310 e. The molecule has 0 radical (unpaired) electrons. The van der Waals surface area contributed by atoms with Crippen molar-refractivity contribution in [3.05, 3.63) is 15.6 Å². The van der Waals surface area contributed by atoms with Crippen molar-refractivity contribution < 1.29 is 9.90 Å². The lowest BCUT2D eigenvalue weighted by atomic mass is 9.83. The molecule has 1 fully saturated rings. The Balaban J connectivity index is 2.16. The van der Waals surface area contributed by atoms with Crippen LogP contribution in [-0.2, 0) is 4.79 Å². The molecule has 1 aliphatic rings. The maximum absolute atomic E-state index is 11.7. The summed E-state index contributed by atoms with van der Waals surface area (Å²) in [5, 5.41) is 10.7. The summed E-state index contributed by atoms with van der Waals surface area (Å²) in [5.41, 5.74) is 0.541. The molecule has 4 nitrogen and oxygen atoms in total. The first-order valence-corrected chi connectivity index (χ1v) is 8.12. The average molecular weight is 296 g/mol. The van der Waals surface area contributed by atoms with Crippen molar-refractivity contribution in [2.45, 2.75) is 53.0 Å². The van der Waals surface area contributed by atoms with Crippen molar-refractivity contribution in [3.8, 4) is 0 Å². The molecule has 0 bridgehead atoms. The van der Waals surface area contributed by atoms with Crippen LogP contribution >= 0.6 is 11.3 Å². The van der Waals surface area contributed by atoms with E-state index in [2.05, 4.69) is 23.7 Å². The van der Waals surface area contributed by atoms with Crippen LogP contribution in [0.2, 0.25) is 0 Å². The number of rotatable bonds is 5. The second-order valence-electron chi connectivity index (χ2n) is 5.91. The number of aromatic nitrogens is 1. The minimum atomic E-state index is -0.633. The molecule has 1 aromatic rings. The Morgan fingerprint density at radius 3 is 2.75 bits per heavy atom. The summed E-state index contributed by atoms with van der Waals surface area (Å²) in [4.78, 5) is 19.7. The molecule has 1 N–H and O–H groups in total. The van der Waals surface area contributed by atoms with Crippen LogP contribution in [0.1, 0.15) is 54.7 Å². The number of aryl methyl sites for hydroxylation is 2. The molecule has 0 aliphatic carbocycles. The Labute approximate surface area is 124 Å². The van der Waals surface area contributed by atoms with Crippen LogP contribution in [-0.4, -0.2) is 34.0 Å². The number of carboxylic acid groups (broad SMARTS) is 1. The standard InChI is InChI=1S/C15H24N2O2S/c1-5-6-15(14(18)19)7-8-17(9-15)11(3)13-10(2)16-12(4)20-13/h11H,5-9H2,1-4H3,(H,18,19). The number of hydrogen-bond acceptors (Lipinski definition) is 4. The van der Waals surface area contributed by atoms with Gasteiger partial charge in [0.1, 0.15) is 0 Å². The fourth-order valence-corrected chi connectivity index (χ4v) is 4.31. The van der Waals surface area contributed by atoms with Gasteiger partial charge in [-0.05, 0) is 40.2 Å². The topological polar surface area (TPSA) is 53.4 Å². The zero-order chi connectivity index (χ0) is 14.9. The van der Waals surface area contributed by atoms with Gasteiger partial charge in [-0.25, -0.2) is 4.98 Å². The van der Waals surface area contributed by atoms with Crippen LogP contribution in [0.15, 0.2) is 0 Å². The Hall–Kier alpha value is -0.940. The third kappa shape index (κ3) is 2.74. The first-order valence-electron chi connectivity index (χ1n) is 7.31. The van der Waals surface area contributed by atoms with Crippen LogP contribution in [0.4, 0.5) is 0 Å². The van der Waals surface area contributed by atoms with Crippen LogP contribution in [0.25, 0.3) is 0 Å². The van der Waals surface area contributed by atoms with Gasteiger partial charge in [0.2, 0.25) is 0 Å². The van der Waals surface area contributed by atoms with E-state index in [1.54, 1.807) is 11.3 Å². The lowest BCUT2D eigenvalue weighted by Crippen LogP contribution is -2.35. The maximum Gasteiger partial charge on any atom is 0.310 e. The normalized spacial score (nSPS) is 25.0. The van der Waals surface area contributed by atoms with E-state index in [9.17, 15) is 9.90 Å². The van der Waals surface area contributed by atoms with Gasteiger partial charge in [0, 0.05) is 17.5 Å². The largest absolute Gasteiger partial charge is 0.481 e. The zero-order valence-electron chi connectivity index (χ0n) is 12.8. The number of carbonyl (C=O) groups is 1. The van der Waals surface area contributed by atoms with E-state index in [4.69, 9.17) is 0 Å². The fraction of sp³-hybridized carbons (Fsp3) is 0.733. The van der Waals surface area contributed by atoms with Gasteiger partial charge >= 0.3 is 5.97 Å². The molecular formula is C15H24N2O2S. The van der Waals surface area contributed by atoms with E-state index in [0.29, 0.717) is 6.54 Å². The molecule has 2 atom stereocenters. The van der Waals surface area contributed by atoms with Crippen LogP contribution in [0, 0.1) is 19.3 Å². The Kier molecular flexibility index (Phi) is 4.49. The molecule has 1 aliphatic heterocycles. The van der Waals surface area contributed by atoms with Crippen molar-refractivity contribution >= 4 is 17.3 Å². The highest BCUT2D eigenvalue weighted by Gasteiger charge is 2.45. The second-order valence-corrected chi connectivity index (χ2v) is 7.15. The van der Waals surface area contributed by atoms with Crippen molar-refractivity contribution in [2.75, 3.05) is 13.1 Å². The molecule has 0 amide bonds. The van der Waals surface area contributed by atoms with E-state index in [1.165, 1.54) is 4.88 Å². The average Bonchev–Trinajstić information content (AvgIpc) is 2.94. The Bertz CT molecular complexity index is 500. The van der Waals surface area contributed by atoms with Gasteiger partial charge in [-0.3, -0.25) is 9.69 Å². The Morgan fingerprint density at radius 2 is 2.25 bits per heavy atom. The summed E-state index contributed by atoms with van der Waals surface area (Å²) in [6, 6.07) is 0.263. The van der Waals surface area contributed by atoms with E-state index in [0.717, 1.165) is 36.5 Å². The minimum Gasteiger partial charge on any atom is -0.481 e. The van der Waals surface area contributed by atoms with E-state index in [1.807, 2.05) is 13.8 Å². The highest BCUT2D eigenvalue weighted by Crippen LogP contribution is 2.40. The van der Waals surface area contributed by atoms with E-state index in [-0.39, 0.29) is 6.04 Å². The first kappa shape index (κ1) is 15.4. The van der Waals surface area contributed by atoms with Crippen LogP contribution in [0.3, 0.4) is 0 Å². The number of likely N-dealkylation sites (tertiary alicyclic amines) is 1. The van der Waals surface area contributed by atoms with Gasteiger partial charge in [-0.2, -0.15) is 0 Å². The molecular weight excluding hydrogens is 272 g/mol. The summed E-state index contributed by atoms with van der Waals surface area (Å²) in [6.45, 7) is 9.83. The maximum atomic E-state index is 11.7. The molecule has 2 heterocycles. The van der Waals surface area contributed by atoms with Gasteiger partial charge < -0.3 is 5.11 Å². The lowest BCUT2D eigenvalue weighted by molar-refractivity contribution is -0.148. The molecule has 0 aromatic carbocycles. The quantitative estimate of drug-likeness (QED) is 0.905. The second kappa shape index (κ2) is 5.82. The molecule has 0 saturated carbocycles. The third-order valence-corrected chi connectivity index (χ3v) is 5.68. The highest BCUT2D eigenvalue weighted by molar-refractivity contribution is 7.11. The first-order chi connectivity index (χ1) is 9.39. The van der Waals surface area contributed by atoms with E-state index >= 15 is 0 Å². The van der Waals surface area contributed by atoms with Crippen molar-refractivity contribution in [1.82, 2.24) is 9.88 Å².